The van der Waals surface area contributed by atoms with Crippen LogP contribution < -0.4 is 0 Å². The van der Waals surface area contributed by atoms with E-state index >= 15 is 0 Å². The van der Waals surface area contributed by atoms with E-state index < -0.39 is 13.9 Å². The van der Waals surface area contributed by atoms with Gasteiger partial charge in [0.1, 0.15) is 19.3 Å². The number of likely N-dealkylation sites (N-methyl/N-ethyl adjacent to an activating group) is 1. The van der Waals surface area contributed by atoms with Gasteiger partial charge in [0.2, 0.25) is 0 Å². The fourth-order valence-electron chi connectivity index (χ4n) is 7.36. The van der Waals surface area contributed by atoms with Gasteiger partial charge in [-0.05, 0) is 32.1 Å². The van der Waals surface area contributed by atoms with E-state index in [9.17, 15) is 14.3 Å². The van der Waals surface area contributed by atoms with Crippen molar-refractivity contribution < 1.29 is 37.3 Å². The number of unbranched alkanes of at least 4 members (excludes halogenated alkanes) is 32. The molecule has 0 aromatic carbocycles. The standard InChI is InChI=1S/C50H100NO7P/c1-6-8-10-12-14-16-18-19-20-21-22-23-24-25-26-27-28-29-30-31-32-34-36-38-40-42-45-55-47-49(48-57-59(53,54)56-46-44-51(3,4)5)58-50(52)43-41-39-37-35-33-17-15-13-11-9-7-2/h13,15,49H,6-12,14,16-48H2,1-5H3/p+1/b15-13-. The second-order valence-corrected chi connectivity index (χ2v) is 20.0. The maximum Gasteiger partial charge on any atom is 0.472 e. The number of phosphoric ester groups is 1. The van der Waals surface area contributed by atoms with Gasteiger partial charge in [-0.1, -0.05) is 219 Å². The number of esters is 1. The zero-order valence-corrected chi connectivity index (χ0v) is 40.9. The third-order valence-electron chi connectivity index (χ3n) is 11.3. The lowest BCUT2D eigenvalue weighted by Gasteiger charge is -2.24. The molecule has 0 saturated carbocycles. The van der Waals surface area contributed by atoms with E-state index in [0.29, 0.717) is 24.1 Å². The molecule has 0 aliphatic rings. The molecule has 2 unspecified atom stereocenters. The molecular weight excluding hydrogens is 758 g/mol. The van der Waals surface area contributed by atoms with Gasteiger partial charge in [0.05, 0.1) is 34.4 Å². The van der Waals surface area contributed by atoms with Gasteiger partial charge in [-0.15, -0.1) is 0 Å². The summed E-state index contributed by atoms with van der Waals surface area (Å²) < 4.78 is 35.1. The van der Waals surface area contributed by atoms with Crippen LogP contribution in [0.5, 0.6) is 0 Å². The number of carbonyl (C=O) groups excluding carboxylic acids is 1. The van der Waals surface area contributed by atoms with Crippen molar-refractivity contribution in [2.45, 2.75) is 251 Å². The summed E-state index contributed by atoms with van der Waals surface area (Å²) in [4.78, 5) is 22.9. The van der Waals surface area contributed by atoms with Crippen LogP contribution in [0.2, 0.25) is 0 Å². The molecule has 0 aliphatic heterocycles. The van der Waals surface area contributed by atoms with Gasteiger partial charge in [-0.2, -0.15) is 0 Å². The SMILES string of the molecule is CCCC/C=C\CCCCCCCC(=O)OC(COCCCCCCCCCCCCCCCCCCCCCCCCCCCC)COP(=O)(O)OCC[N+](C)(C)C. The van der Waals surface area contributed by atoms with Crippen LogP contribution in [0, 0.1) is 0 Å². The summed E-state index contributed by atoms with van der Waals surface area (Å²) in [6.45, 7) is 5.62. The van der Waals surface area contributed by atoms with Crippen molar-refractivity contribution in [2.24, 2.45) is 0 Å². The van der Waals surface area contributed by atoms with Gasteiger partial charge in [0.15, 0.2) is 0 Å². The Balaban J connectivity index is 3.95. The monoisotopic (exact) mass is 859 g/mol. The van der Waals surface area contributed by atoms with E-state index in [-0.39, 0.29) is 25.8 Å². The first-order valence-corrected chi connectivity index (χ1v) is 26.9. The Hall–Kier alpha value is -0.760. The summed E-state index contributed by atoms with van der Waals surface area (Å²) in [6.07, 6.45) is 49.9. The van der Waals surface area contributed by atoms with E-state index in [0.717, 1.165) is 44.9 Å². The average Bonchev–Trinajstić information content (AvgIpc) is 3.19. The lowest BCUT2D eigenvalue weighted by molar-refractivity contribution is -0.870. The van der Waals surface area contributed by atoms with Gasteiger partial charge in [-0.3, -0.25) is 13.8 Å². The number of rotatable bonds is 48. The Labute approximate surface area is 367 Å². The quantitative estimate of drug-likeness (QED) is 0.0214. The van der Waals surface area contributed by atoms with Gasteiger partial charge >= 0.3 is 13.8 Å². The van der Waals surface area contributed by atoms with Crippen molar-refractivity contribution in [3.63, 3.8) is 0 Å². The van der Waals surface area contributed by atoms with E-state index in [1.807, 2.05) is 21.1 Å². The molecule has 0 fully saturated rings. The Morgan fingerprint density at radius 2 is 0.898 bits per heavy atom. The van der Waals surface area contributed by atoms with Crippen molar-refractivity contribution >= 4 is 13.8 Å². The van der Waals surface area contributed by atoms with Crippen LogP contribution in [0.3, 0.4) is 0 Å². The van der Waals surface area contributed by atoms with Crippen molar-refractivity contribution in [3.8, 4) is 0 Å². The maximum absolute atomic E-state index is 12.7. The smallest absolute Gasteiger partial charge is 0.457 e. The Kier molecular flexibility index (Phi) is 43.3. The van der Waals surface area contributed by atoms with Crippen LogP contribution >= 0.6 is 7.82 Å². The molecule has 1 N–H and O–H groups in total. The van der Waals surface area contributed by atoms with E-state index in [1.54, 1.807) is 0 Å². The summed E-state index contributed by atoms with van der Waals surface area (Å²) in [6, 6.07) is 0. The highest BCUT2D eigenvalue weighted by atomic mass is 31.2. The van der Waals surface area contributed by atoms with E-state index in [1.165, 1.54) is 180 Å². The maximum atomic E-state index is 12.7. The van der Waals surface area contributed by atoms with E-state index in [4.69, 9.17) is 18.5 Å². The molecule has 0 bridgehead atoms. The number of phosphoric acid groups is 1. The highest BCUT2D eigenvalue weighted by Crippen LogP contribution is 2.43. The molecule has 0 rings (SSSR count). The van der Waals surface area contributed by atoms with Crippen molar-refractivity contribution in [2.75, 3.05) is 54.1 Å². The second-order valence-electron chi connectivity index (χ2n) is 18.6. The zero-order valence-electron chi connectivity index (χ0n) is 40.0. The topological polar surface area (TPSA) is 91.3 Å². The van der Waals surface area contributed by atoms with Crippen molar-refractivity contribution in [1.29, 1.82) is 0 Å². The normalized spacial score (nSPS) is 13.7. The molecule has 0 amide bonds. The number of quaternary nitrogens is 1. The minimum Gasteiger partial charge on any atom is -0.457 e. The summed E-state index contributed by atoms with van der Waals surface area (Å²) >= 11 is 0. The molecule has 8 nitrogen and oxygen atoms in total. The molecule has 0 aromatic heterocycles. The molecule has 0 saturated heterocycles. The fraction of sp³-hybridized carbons (Fsp3) is 0.940. The predicted molar refractivity (Wildman–Crippen MR) is 252 cm³/mol. The zero-order chi connectivity index (χ0) is 43.4. The molecule has 0 spiro atoms. The van der Waals surface area contributed by atoms with Crippen LogP contribution in [-0.4, -0.2) is 75.6 Å². The lowest BCUT2D eigenvalue weighted by Crippen LogP contribution is -2.37. The lowest BCUT2D eigenvalue weighted by atomic mass is 10.0. The molecule has 9 heteroatoms. The third kappa shape index (κ3) is 48.1. The minimum absolute atomic E-state index is 0.0903. The summed E-state index contributed by atoms with van der Waals surface area (Å²) in [5.74, 6) is -0.319. The first-order chi connectivity index (χ1) is 28.6. The Morgan fingerprint density at radius 1 is 0.508 bits per heavy atom. The molecule has 0 aliphatic carbocycles. The highest BCUT2D eigenvalue weighted by molar-refractivity contribution is 7.47. The first kappa shape index (κ1) is 58.2. The highest BCUT2D eigenvalue weighted by Gasteiger charge is 2.26. The third-order valence-corrected chi connectivity index (χ3v) is 12.3. The van der Waals surface area contributed by atoms with Crippen LogP contribution in [0.15, 0.2) is 12.2 Å². The van der Waals surface area contributed by atoms with Gasteiger partial charge in [-0.25, -0.2) is 4.57 Å². The van der Waals surface area contributed by atoms with Crippen LogP contribution in [0.1, 0.15) is 245 Å². The number of ether oxygens (including phenoxy) is 2. The molecule has 0 heterocycles. The van der Waals surface area contributed by atoms with Gasteiger partial charge in [0.25, 0.3) is 0 Å². The fourth-order valence-corrected chi connectivity index (χ4v) is 8.10. The molecule has 0 radical (unpaired) electrons. The Morgan fingerprint density at radius 3 is 1.34 bits per heavy atom. The Bertz CT molecular complexity index is 956. The first-order valence-electron chi connectivity index (χ1n) is 25.4. The summed E-state index contributed by atoms with van der Waals surface area (Å²) in [5.41, 5.74) is 0. The van der Waals surface area contributed by atoms with Crippen LogP contribution in [0.25, 0.3) is 0 Å². The number of allylic oxidation sites excluding steroid dienone is 2. The second kappa shape index (κ2) is 43.9. The molecular formula is C50H101NO7P+. The van der Waals surface area contributed by atoms with E-state index in [2.05, 4.69) is 26.0 Å². The van der Waals surface area contributed by atoms with Crippen LogP contribution in [0.4, 0.5) is 0 Å². The van der Waals surface area contributed by atoms with Crippen molar-refractivity contribution in [3.05, 3.63) is 12.2 Å². The number of carbonyl (C=O) groups is 1. The average molecular weight is 859 g/mol. The number of nitrogens with zero attached hydrogens (tertiary/aromatic N) is 1. The summed E-state index contributed by atoms with van der Waals surface area (Å²) in [5, 5.41) is 0. The largest absolute Gasteiger partial charge is 0.472 e. The van der Waals surface area contributed by atoms with Gasteiger partial charge in [0, 0.05) is 13.0 Å². The molecule has 59 heavy (non-hydrogen) atoms. The van der Waals surface area contributed by atoms with Crippen molar-refractivity contribution in [1.82, 2.24) is 0 Å². The minimum atomic E-state index is -4.27. The predicted octanol–water partition coefficient (Wildman–Crippen LogP) is 15.4. The number of hydrogen-bond acceptors (Lipinski definition) is 6. The number of hydrogen-bond donors (Lipinski definition) is 1. The summed E-state index contributed by atoms with van der Waals surface area (Å²) in [7, 11) is 1.68. The molecule has 2 atom stereocenters. The molecule has 0 aromatic rings. The van der Waals surface area contributed by atoms with Gasteiger partial charge < -0.3 is 18.9 Å². The molecule has 352 valence electrons. The van der Waals surface area contributed by atoms with Crippen LogP contribution in [-0.2, 0) is 27.9 Å².